The molecule has 0 aromatic heterocycles. The number of benzene rings is 1. The highest BCUT2D eigenvalue weighted by molar-refractivity contribution is 14.1. The number of rotatable bonds is 5. The van der Waals surface area contributed by atoms with Gasteiger partial charge < -0.3 is 10.1 Å². The van der Waals surface area contributed by atoms with Crippen LogP contribution in [0.5, 0.6) is 5.75 Å². The Balaban J connectivity index is 2.19. The molecule has 1 aromatic carbocycles. The van der Waals surface area contributed by atoms with E-state index in [9.17, 15) is 0 Å². The Bertz CT molecular complexity index is 434. The molecular weight excluding hydrogens is 373 g/mol. The number of aryl methyl sites for hydroxylation is 1. The third-order valence-electron chi connectivity index (χ3n) is 3.63. The van der Waals surface area contributed by atoms with E-state index < -0.39 is 0 Å². The van der Waals surface area contributed by atoms with Gasteiger partial charge in [0.25, 0.3) is 0 Å². The minimum Gasteiger partial charge on any atom is -0.475 e. The number of alkyl halides is 1. The quantitative estimate of drug-likeness (QED) is 0.584. The molecule has 1 saturated heterocycles. The maximum Gasteiger partial charge on any atom is 0.163 e. The second kappa shape index (κ2) is 6.64. The van der Waals surface area contributed by atoms with Crippen LogP contribution in [0.4, 0.5) is 0 Å². The normalized spacial score (nSPS) is 22.2. The Hall–Kier alpha value is -0.0000000000000000208. The largest absolute Gasteiger partial charge is 0.475 e. The van der Waals surface area contributed by atoms with Gasteiger partial charge in [-0.1, -0.05) is 31.0 Å². The molecule has 2 nitrogen and oxygen atoms in total. The zero-order chi connectivity index (χ0) is 13.9. The highest BCUT2D eigenvalue weighted by Gasteiger charge is 2.39. The van der Waals surface area contributed by atoms with Crippen molar-refractivity contribution in [1.82, 2.24) is 5.32 Å². The van der Waals surface area contributed by atoms with Crippen LogP contribution in [0.3, 0.4) is 0 Å². The monoisotopic (exact) mass is 393 g/mol. The maximum atomic E-state index is 6.33. The van der Waals surface area contributed by atoms with Gasteiger partial charge in [0, 0.05) is 12.5 Å². The average Bonchev–Trinajstić information content (AvgIpc) is 2.87. The van der Waals surface area contributed by atoms with E-state index in [1.165, 1.54) is 6.42 Å². The first kappa shape index (κ1) is 15.4. The van der Waals surface area contributed by atoms with Crippen molar-refractivity contribution in [3.63, 3.8) is 0 Å². The Morgan fingerprint density at radius 2 is 2.32 bits per heavy atom. The van der Waals surface area contributed by atoms with E-state index in [1.807, 2.05) is 19.1 Å². The van der Waals surface area contributed by atoms with Crippen molar-refractivity contribution in [3.05, 3.63) is 28.8 Å². The molecule has 1 fully saturated rings. The van der Waals surface area contributed by atoms with Gasteiger partial charge in [0.1, 0.15) is 5.75 Å². The Labute approximate surface area is 134 Å². The summed E-state index contributed by atoms with van der Waals surface area (Å²) >= 11 is 8.78. The molecule has 1 aliphatic rings. The van der Waals surface area contributed by atoms with E-state index in [4.69, 9.17) is 16.3 Å². The molecule has 0 radical (unpaired) electrons. The predicted octanol–water partition coefficient (Wildman–Crippen LogP) is 4.57. The van der Waals surface area contributed by atoms with Gasteiger partial charge >= 0.3 is 0 Å². The van der Waals surface area contributed by atoms with Crippen LogP contribution in [0, 0.1) is 12.8 Å². The predicted molar refractivity (Wildman–Crippen MR) is 89.5 cm³/mol. The van der Waals surface area contributed by atoms with Crippen LogP contribution in [0.1, 0.15) is 31.7 Å². The summed E-state index contributed by atoms with van der Waals surface area (Å²) in [6, 6.07) is 6.01. The lowest BCUT2D eigenvalue weighted by atomic mass is 9.97. The van der Waals surface area contributed by atoms with E-state index in [0.717, 1.165) is 37.2 Å². The average molecular weight is 394 g/mol. The first-order chi connectivity index (χ1) is 9.05. The molecule has 0 aliphatic carbocycles. The summed E-state index contributed by atoms with van der Waals surface area (Å²) in [6.07, 6.45) is 3.33. The third kappa shape index (κ3) is 3.76. The van der Waals surface area contributed by atoms with Crippen molar-refractivity contribution in [1.29, 1.82) is 0 Å². The summed E-state index contributed by atoms with van der Waals surface area (Å²) in [4.78, 5) is 0. The SMILES string of the molecule is CCC[C@@](I)(Oc1ccc(C)cc1Cl)C1CCNC1. The van der Waals surface area contributed by atoms with E-state index in [1.54, 1.807) is 0 Å². The molecule has 0 spiro atoms. The highest BCUT2D eigenvalue weighted by Crippen LogP contribution is 2.41. The standard InChI is InChI=1S/C15H21ClINO/c1-3-7-15(17,12-6-8-18-10-12)19-14-5-4-11(2)9-13(14)16/h4-5,9,12,18H,3,6-8,10H2,1-2H3/t12?,15-/m1/s1. The second-order valence-corrected chi connectivity index (χ2v) is 7.50. The third-order valence-corrected chi connectivity index (χ3v) is 5.56. The number of hydrogen-bond donors (Lipinski definition) is 1. The molecule has 19 heavy (non-hydrogen) atoms. The first-order valence-electron chi connectivity index (χ1n) is 6.90. The Kier molecular flexibility index (Phi) is 5.37. The van der Waals surface area contributed by atoms with E-state index in [0.29, 0.717) is 10.9 Å². The summed E-state index contributed by atoms with van der Waals surface area (Å²) in [5.41, 5.74) is 1.16. The second-order valence-electron chi connectivity index (χ2n) is 5.26. The molecule has 2 rings (SSSR count). The molecule has 0 bridgehead atoms. The minimum absolute atomic E-state index is 0.158. The summed E-state index contributed by atoms with van der Waals surface area (Å²) in [5.74, 6) is 1.35. The molecule has 1 N–H and O–H groups in total. The fourth-order valence-electron chi connectivity index (χ4n) is 2.57. The van der Waals surface area contributed by atoms with Gasteiger partial charge in [0.2, 0.25) is 0 Å². The molecular formula is C15H21ClINO. The van der Waals surface area contributed by atoms with E-state index >= 15 is 0 Å². The maximum absolute atomic E-state index is 6.33. The summed E-state index contributed by atoms with van der Waals surface area (Å²) in [5, 5.41) is 4.14. The lowest BCUT2D eigenvalue weighted by Crippen LogP contribution is -2.38. The molecule has 106 valence electrons. The fourth-order valence-corrected chi connectivity index (χ4v) is 4.16. The van der Waals surface area contributed by atoms with Crippen molar-refractivity contribution in [2.45, 2.75) is 36.7 Å². The van der Waals surface area contributed by atoms with Crippen LogP contribution in [0.25, 0.3) is 0 Å². The van der Waals surface area contributed by atoms with Gasteiger partial charge in [-0.2, -0.15) is 0 Å². The summed E-state index contributed by atoms with van der Waals surface area (Å²) < 4.78 is 6.17. The molecule has 0 amide bonds. The number of halogens is 2. The van der Waals surface area contributed by atoms with Crippen LogP contribution in [-0.4, -0.2) is 16.7 Å². The lowest BCUT2D eigenvalue weighted by molar-refractivity contribution is 0.115. The molecule has 1 aromatic rings. The number of nitrogens with one attached hydrogen (secondary N) is 1. The molecule has 4 heteroatoms. The van der Waals surface area contributed by atoms with Crippen molar-refractivity contribution >= 4 is 34.2 Å². The van der Waals surface area contributed by atoms with Gasteiger partial charge in [-0.15, -0.1) is 0 Å². The first-order valence-corrected chi connectivity index (χ1v) is 8.35. The fraction of sp³-hybridized carbons (Fsp3) is 0.600. The lowest BCUT2D eigenvalue weighted by Gasteiger charge is -2.34. The molecule has 1 unspecified atom stereocenters. The summed E-state index contributed by atoms with van der Waals surface area (Å²) in [7, 11) is 0. The van der Waals surface area contributed by atoms with Crippen LogP contribution >= 0.6 is 34.2 Å². The van der Waals surface area contributed by atoms with Crippen LogP contribution in [-0.2, 0) is 0 Å². The van der Waals surface area contributed by atoms with Gasteiger partial charge in [-0.25, -0.2) is 0 Å². The number of ether oxygens (including phenoxy) is 1. The van der Waals surface area contributed by atoms with E-state index in [2.05, 4.69) is 40.9 Å². The van der Waals surface area contributed by atoms with Crippen LogP contribution < -0.4 is 10.1 Å². The Morgan fingerprint density at radius 3 is 2.89 bits per heavy atom. The Morgan fingerprint density at radius 1 is 1.53 bits per heavy atom. The highest BCUT2D eigenvalue weighted by atomic mass is 127. The zero-order valence-electron chi connectivity index (χ0n) is 11.5. The van der Waals surface area contributed by atoms with Gasteiger partial charge in [0.05, 0.1) is 5.02 Å². The van der Waals surface area contributed by atoms with Gasteiger partial charge in [-0.3, -0.25) is 0 Å². The van der Waals surface area contributed by atoms with Crippen molar-refractivity contribution in [2.75, 3.05) is 13.1 Å². The molecule has 2 atom stereocenters. The van der Waals surface area contributed by atoms with Crippen LogP contribution in [0.2, 0.25) is 5.02 Å². The van der Waals surface area contributed by atoms with Gasteiger partial charge in [0.15, 0.2) is 3.61 Å². The molecule has 1 heterocycles. The van der Waals surface area contributed by atoms with Crippen molar-refractivity contribution < 1.29 is 4.74 Å². The summed E-state index contributed by atoms with van der Waals surface area (Å²) in [6.45, 7) is 6.37. The number of hydrogen-bond acceptors (Lipinski definition) is 2. The topological polar surface area (TPSA) is 21.3 Å². The minimum atomic E-state index is -0.158. The molecule has 1 aliphatic heterocycles. The van der Waals surface area contributed by atoms with Crippen LogP contribution in [0.15, 0.2) is 18.2 Å². The van der Waals surface area contributed by atoms with Crippen molar-refractivity contribution in [2.24, 2.45) is 5.92 Å². The smallest absolute Gasteiger partial charge is 0.163 e. The van der Waals surface area contributed by atoms with Gasteiger partial charge in [-0.05, 0) is 66.6 Å². The zero-order valence-corrected chi connectivity index (χ0v) is 14.4. The van der Waals surface area contributed by atoms with Crippen molar-refractivity contribution in [3.8, 4) is 5.75 Å². The van der Waals surface area contributed by atoms with E-state index in [-0.39, 0.29) is 3.61 Å². The molecule has 0 saturated carbocycles.